The summed E-state index contributed by atoms with van der Waals surface area (Å²) < 4.78 is 4.65. The van der Waals surface area contributed by atoms with Gasteiger partial charge in [0.05, 0.1) is 31.7 Å². The lowest BCUT2D eigenvalue weighted by molar-refractivity contribution is -0.140. The van der Waals surface area contributed by atoms with Crippen molar-refractivity contribution in [3.63, 3.8) is 0 Å². The lowest BCUT2D eigenvalue weighted by Crippen LogP contribution is -2.27. The summed E-state index contributed by atoms with van der Waals surface area (Å²) in [4.78, 5) is 36.3. The maximum atomic E-state index is 11.8. The number of esters is 1. The zero-order chi connectivity index (χ0) is 18.7. The minimum Gasteiger partial charge on any atom is -0.469 e. The third-order valence-electron chi connectivity index (χ3n) is 3.59. The Balaban J connectivity index is 3.03. The fraction of sp³-hybridized carbons (Fsp3) is 0.444. The second kappa shape index (κ2) is 10.8. The Morgan fingerprint density at radius 1 is 1.32 bits per heavy atom. The Bertz CT molecular complexity index is 652. The summed E-state index contributed by atoms with van der Waals surface area (Å²) in [5, 5.41) is 11.6. The fourth-order valence-electron chi connectivity index (χ4n) is 2.28. The number of ether oxygens (including phenoxy) is 1. The number of nitrogens with zero attached hydrogens (tertiary/aromatic N) is 2. The number of benzene rings is 1. The molecule has 0 atom stereocenters. The van der Waals surface area contributed by atoms with Crippen molar-refractivity contribution in [2.45, 2.75) is 32.6 Å². The molecule has 1 rings (SSSR count). The second-order valence-electron chi connectivity index (χ2n) is 5.41. The Morgan fingerprint density at radius 2 is 2.08 bits per heavy atom. The molecular formula is C18H23N3O4. The van der Waals surface area contributed by atoms with Gasteiger partial charge in [0.2, 0.25) is 5.91 Å². The molecule has 0 fully saturated rings. The molecule has 1 N–H and O–H groups in total. The monoisotopic (exact) mass is 345 g/mol. The maximum absolute atomic E-state index is 11.8. The van der Waals surface area contributed by atoms with Crippen molar-refractivity contribution in [2.24, 2.45) is 0 Å². The molecule has 0 heterocycles. The number of carbonyl (C=O) groups excluding carboxylic acids is 3. The molecule has 0 saturated heterocycles. The van der Waals surface area contributed by atoms with Crippen LogP contribution in [0, 0.1) is 11.3 Å². The van der Waals surface area contributed by atoms with Crippen LogP contribution in [-0.4, -0.2) is 38.4 Å². The summed E-state index contributed by atoms with van der Waals surface area (Å²) in [5.41, 5.74) is 1.52. The Kier molecular flexibility index (Phi) is 8.72. The lowest BCUT2D eigenvalue weighted by atomic mass is 10.1. The van der Waals surface area contributed by atoms with Crippen LogP contribution in [0.3, 0.4) is 0 Å². The van der Waals surface area contributed by atoms with Gasteiger partial charge in [-0.1, -0.05) is 6.92 Å². The topological polar surface area (TPSA) is 99.5 Å². The van der Waals surface area contributed by atoms with Crippen molar-refractivity contribution < 1.29 is 19.1 Å². The molecule has 1 aromatic carbocycles. The lowest BCUT2D eigenvalue weighted by Gasteiger charge is -2.24. The highest BCUT2D eigenvalue weighted by Gasteiger charge is 2.13. The molecule has 25 heavy (non-hydrogen) atoms. The van der Waals surface area contributed by atoms with Gasteiger partial charge in [0.1, 0.15) is 0 Å². The predicted octanol–water partition coefficient (Wildman–Crippen LogP) is 2.52. The zero-order valence-corrected chi connectivity index (χ0v) is 14.6. The van der Waals surface area contributed by atoms with Crippen LogP contribution in [0.5, 0.6) is 0 Å². The number of methoxy groups -OCH3 is 1. The summed E-state index contributed by atoms with van der Waals surface area (Å²) in [6, 6.07) is 7.10. The van der Waals surface area contributed by atoms with Crippen molar-refractivity contribution in [2.75, 3.05) is 30.4 Å². The van der Waals surface area contributed by atoms with E-state index in [1.807, 2.05) is 11.8 Å². The molecule has 0 saturated carbocycles. The summed E-state index contributed by atoms with van der Waals surface area (Å²) in [5.74, 6) is -0.510. The van der Waals surface area contributed by atoms with Crippen LogP contribution in [-0.2, 0) is 14.3 Å². The number of anilines is 2. The number of hydrogen-bond donors (Lipinski definition) is 1. The molecule has 0 unspecified atom stereocenters. The number of rotatable bonds is 10. The van der Waals surface area contributed by atoms with Gasteiger partial charge >= 0.3 is 5.97 Å². The third kappa shape index (κ3) is 6.63. The van der Waals surface area contributed by atoms with Crippen LogP contribution in [0.15, 0.2) is 18.2 Å². The van der Waals surface area contributed by atoms with Crippen LogP contribution < -0.4 is 10.2 Å². The molecule has 134 valence electrons. The third-order valence-corrected chi connectivity index (χ3v) is 3.59. The fourth-order valence-corrected chi connectivity index (χ4v) is 2.28. The summed E-state index contributed by atoms with van der Waals surface area (Å²) >= 11 is 0. The molecule has 0 spiro atoms. The molecule has 0 radical (unpaired) electrons. The van der Waals surface area contributed by atoms with Gasteiger partial charge in [-0.15, -0.1) is 0 Å². The van der Waals surface area contributed by atoms with E-state index >= 15 is 0 Å². The number of nitriles is 1. The van der Waals surface area contributed by atoms with E-state index in [0.29, 0.717) is 43.5 Å². The van der Waals surface area contributed by atoms with Gasteiger partial charge in [-0.3, -0.25) is 14.4 Å². The highest BCUT2D eigenvalue weighted by atomic mass is 16.5. The molecule has 0 aliphatic carbocycles. The molecule has 0 aliphatic heterocycles. The van der Waals surface area contributed by atoms with Crippen LogP contribution in [0.25, 0.3) is 0 Å². The standard InChI is InChI=1S/C18H23N3O4/c1-3-5-17(23)20-16-12-15(7-6-14(16)13-22)21(10-4-9-19)11-8-18(24)25-2/h6-7,12-13H,3-5,8,10-11H2,1-2H3,(H,20,23). The van der Waals surface area contributed by atoms with Crippen molar-refractivity contribution in [3.05, 3.63) is 23.8 Å². The highest BCUT2D eigenvalue weighted by Crippen LogP contribution is 2.24. The van der Waals surface area contributed by atoms with Gasteiger partial charge in [0, 0.05) is 30.8 Å². The van der Waals surface area contributed by atoms with E-state index < -0.39 is 0 Å². The smallest absolute Gasteiger partial charge is 0.307 e. The average Bonchev–Trinajstić information content (AvgIpc) is 2.61. The molecule has 0 aliphatic rings. The van der Waals surface area contributed by atoms with E-state index in [1.54, 1.807) is 18.2 Å². The van der Waals surface area contributed by atoms with E-state index in [9.17, 15) is 14.4 Å². The van der Waals surface area contributed by atoms with Crippen LogP contribution in [0.4, 0.5) is 11.4 Å². The molecule has 7 nitrogen and oxygen atoms in total. The molecule has 0 aromatic heterocycles. The first-order valence-electron chi connectivity index (χ1n) is 8.13. The van der Waals surface area contributed by atoms with Crippen molar-refractivity contribution in [1.82, 2.24) is 0 Å². The van der Waals surface area contributed by atoms with Gasteiger partial charge in [0.15, 0.2) is 6.29 Å². The number of nitrogens with one attached hydrogen (secondary N) is 1. The molecule has 1 aromatic rings. The van der Waals surface area contributed by atoms with E-state index in [1.165, 1.54) is 7.11 Å². The minimum atomic E-state index is -0.344. The van der Waals surface area contributed by atoms with Crippen LogP contribution >= 0.6 is 0 Å². The second-order valence-corrected chi connectivity index (χ2v) is 5.41. The summed E-state index contributed by atoms with van der Waals surface area (Å²) in [6.45, 7) is 2.69. The maximum Gasteiger partial charge on any atom is 0.307 e. The van der Waals surface area contributed by atoms with E-state index in [-0.39, 0.29) is 24.7 Å². The van der Waals surface area contributed by atoms with Gasteiger partial charge in [-0.25, -0.2) is 0 Å². The van der Waals surface area contributed by atoms with E-state index in [2.05, 4.69) is 16.1 Å². The Labute approximate surface area is 147 Å². The SMILES string of the molecule is CCCC(=O)Nc1cc(N(CCC#N)CCC(=O)OC)ccc1C=O. The number of carbonyl (C=O) groups is 3. The Morgan fingerprint density at radius 3 is 2.68 bits per heavy atom. The predicted molar refractivity (Wildman–Crippen MR) is 94.4 cm³/mol. The largest absolute Gasteiger partial charge is 0.469 e. The molecule has 1 amide bonds. The average molecular weight is 345 g/mol. The van der Waals surface area contributed by atoms with Crippen molar-refractivity contribution >= 4 is 29.5 Å². The van der Waals surface area contributed by atoms with Gasteiger partial charge in [-0.2, -0.15) is 5.26 Å². The van der Waals surface area contributed by atoms with Gasteiger partial charge in [-0.05, 0) is 24.6 Å². The van der Waals surface area contributed by atoms with Crippen LogP contribution in [0.1, 0.15) is 43.0 Å². The normalized spacial score (nSPS) is 9.80. The first-order valence-corrected chi connectivity index (χ1v) is 8.13. The zero-order valence-electron chi connectivity index (χ0n) is 14.6. The molecule has 0 bridgehead atoms. The molecule has 7 heteroatoms. The number of hydrogen-bond acceptors (Lipinski definition) is 6. The highest BCUT2D eigenvalue weighted by molar-refractivity contribution is 5.97. The molecular weight excluding hydrogens is 322 g/mol. The summed E-state index contributed by atoms with van der Waals surface area (Å²) in [7, 11) is 1.32. The van der Waals surface area contributed by atoms with Gasteiger partial charge < -0.3 is 15.0 Å². The first-order chi connectivity index (χ1) is 12.0. The van der Waals surface area contributed by atoms with Crippen molar-refractivity contribution in [3.8, 4) is 6.07 Å². The van der Waals surface area contributed by atoms with Crippen molar-refractivity contribution in [1.29, 1.82) is 5.26 Å². The van der Waals surface area contributed by atoms with E-state index in [4.69, 9.17) is 5.26 Å². The quantitative estimate of drug-likeness (QED) is 0.517. The summed E-state index contributed by atoms with van der Waals surface area (Å²) in [6.07, 6.45) is 2.21. The number of aldehydes is 1. The van der Waals surface area contributed by atoms with Crippen LogP contribution in [0.2, 0.25) is 0 Å². The Hall–Kier alpha value is -2.88. The van der Waals surface area contributed by atoms with E-state index in [0.717, 1.165) is 5.69 Å². The number of amides is 1. The minimum absolute atomic E-state index is 0.166. The first kappa shape index (κ1) is 20.2. The van der Waals surface area contributed by atoms with Gasteiger partial charge in [0.25, 0.3) is 0 Å².